The van der Waals surface area contributed by atoms with Crippen molar-refractivity contribution in [1.82, 2.24) is 10.1 Å². The average Bonchev–Trinajstić information content (AvgIpc) is 3.08. The minimum atomic E-state index is 0.231. The lowest BCUT2D eigenvalue weighted by Gasteiger charge is -2.17. The van der Waals surface area contributed by atoms with E-state index in [-0.39, 0.29) is 6.10 Å². The Morgan fingerprint density at radius 1 is 1.35 bits per heavy atom. The van der Waals surface area contributed by atoms with Gasteiger partial charge in [-0.15, -0.1) is 0 Å². The van der Waals surface area contributed by atoms with Crippen molar-refractivity contribution >= 4 is 23.2 Å². The quantitative estimate of drug-likeness (QED) is 0.797. The molecule has 1 aromatic carbocycles. The van der Waals surface area contributed by atoms with Crippen molar-refractivity contribution in [3.05, 3.63) is 50.8 Å². The molecule has 0 saturated carbocycles. The largest absolute Gasteiger partial charge is 0.372 e. The van der Waals surface area contributed by atoms with Crippen molar-refractivity contribution in [3.63, 3.8) is 0 Å². The number of likely N-dealkylation sites (tertiary alicyclic amines) is 1. The molecular formula is C17H20Cl2N2O2. The van der Waals surface area contributed by atoms with Gasteiger partial charge in [-0.05, 0) is 38.0 Å². The number of hydrogen-bond donors (Lipinski definition) is 0. The second kappa shape index (κ2) is 7.22. The highest BCUT2D eigenvalue weighted by molar-refractivity contribution is 6.35. The highest BCUT2D eigenvalue weighted by atomic mass is 35.5. The molecule has 0 bridgehead atoms. The van der Waals surface area contributed by atoms with Crippen LogP contribution >= 0.6 is 23.2 Å². The Balaban J connectivity index is 1.52. The number of nitrogens with zero attached hydrogens (tertiary/aromatic N) is 2. The molecule has 1 aliphatic heterocycles. The van der Waals surface area contributed by atoms with E-state index in [4.69, 9.17) is 32.5 Å². The lowest BCUT2D eigenvalue weighted by Crippen LogP contribution is -2.23. The van der Waals surface area contributed by atoms with Gasteiger partial charge in [-0.2, -0.15) is 0 Å². The smallest absolute Gasteiger partial charge is 0.139 e. The Morgan fingerprint density at radius 3 is 2.87 bits per heavy atom. The number of aryl methyl sites for hydroxylation is 2. The minimum Gasteiger partial charge on any atom is -0.372 e. The normalized spacial score (nSPS) is 18.7. The summed E-state index contributed by atoms with van der Waals surface area (Å²) in [6.07, 6.45) is 1.25. The highest BCUT2D eigenvalue weighted by Crippen LogP contribution is 2.25. The summed E-state index contributed by atoms with van der Waals surface area (Å²) < 4.78 is 11.2. The van der Waals surface area contributed by atoms with E-state index in [1.165, 1.54) is 0 Å². The Morgan fingerprint density at radius 2 is 2.17 bits per heavy atom. The van der Waals surface area contributed by atoms with Crippen LogP contribution in [0, 0.1) is 13.8 Å². The van der Waals surface area contributed by atoms with Gasteiger partial charge in [-0.25, -0.2) is 0 Å². The van der Waals surface area contributed by atoms with Gasteiger partial charge in [-0.1, -0.05) is 34.4 Å². The van der Waals surface area contributed by atoms with Gasteiger partial charge in [0, 0.05) is 35.2 Å². The first-order valence-corrected chi connectivity index (χ1v) is 8.48. The molecule has 124 valence electrons. The van der Waals surface area contributed by atoms with E-state index >= 15 is 0 Å². The predicted octanol–water partition coefficient (Wildman–Crippen LogP) is 4.39. The van der Waals surface area contributed by atoms with Crippen molar-refractivity contribution < 1.29 is 9.26 Å². The summed E-state index contributed by atoms with van der Waals surface area (Å²) in [7, 11) is 0. The monoisotopic (exact) mass is 354 g/mol. The van der Waals surface area contributed by atoms with Gasteiger partial charge in [0.05, 0.1) is 18.4 Å². The zero-order valence-electron chi connectivity index (χ0n) is 13.3. The summed E-state index contributed by atoms with van der Waals surface area (Å²) in [6.45, 7) is 7.15. The maximum Gasteiger partial charge on any atom is 0.139 e. The zero-order chi connectivity index (χ0) is 16.4. The Bertz CT molecular complexity index is 668. The molecule has 0 radical (unpaired) electrons. The molecule has 0 spiro atoms. The van der Waals surface area contributed by atoms with E-state index in [2.05, 4.69) is 10.1 Å². The number of ether oxygens (including phenoxy) is 1. The molecule has 6 heteroatoms. The van der Waals surface area contributed by atoms with Crippen LogP contribution in [-0.4, -0.2) is 29.3 Å². The number of benzene rings is 1. The molecule has 0 amide bonds. The molecule has 1 atom stereocenters. The minimum absolute atomic E-state index is 0.231. The van der Waals surface area contributed by atoms with Gasteiger partial charge in [0.15, 0.2) is 0 Å². The fraction of sp³-hybridized carbons (Fsp3) is 0.471. The summed E-state index contributed by atoms with van der Waals surface area (Å²) in [4.78, 5) is 2.35. The molecule has 2 heterocycles. The van der Waals surface area contributed by atoms with Crippen molar-refractivity contribution in [2.75, 3.05) is 13.1 Å². The first-order valence-electron chi connectivity index (χ1n) is 7.72. The highest BCUT2D eigenvalue weighted by Gasteiger charge is 2.24. The van der Waals surface area contributed by atoms with E-state index in [0.717, 1.165) is 53.7 Å². The Labute approximate surface area is 146 Å². The lowest BCUT2D eigenvalue weighted by atomic mass is 10.2. The van der Waals surface area contributed by atoms with Crippen LogP contribution in [-0.2, 0) is 17.9 Å². The number of halogens is 2. The summed E-state index contributed by atoms with van der Waals surface area (Å²) in [5.41, 5.74) is 3.07. The molecule has 0 aliphatic carbocycles. The van der Waals surface area contributed by atoms with Gasteiger partial charge in [0.1, 0.15) is 5.76 Å². The van der Waals surface area contributed by atoms with Gasteiger partial charge < -0.3 is 9.26 Å². The first kappa shape index (κ1) is 16.8. The molecular weight excluding hydrogens is 335 g/mol. The molecule has 1 aliphatic rings. The molecule has 4 nitrogen and oxygen atoms in total. The van der Waals surface area contributed by atoms with Gasteiger partial charge in [0.2, 0.25) is 0 Å². The maximum absolute atomic E-state index is 6.25. The first-order chi connectivity index (χ1) is 11.0. The Kier molecular flexibility index (Phi) is 5.27. The maximum atomic E-state index is 6.25. The third kappa shape index (κ3) is 4.07. The molecule has 1 saturated heterocycles. The molecule has 2 aromatic rings. The van der Waals surface area contributed by atoms with E-state index < -0.39 is 0 Å². The molecule has 23 heavy (non-hydrogen) atoms. The fourth-order valence-electron chi connectivity index (χ4n) is 2.88. The van der Waals surface area contributed by atoms with E-state index in [9.17, 15) is 0 Å². The summed E-state index contributed by atoms with van der Waals surface area (Å²) in [5.74, 6) is 0.838. The lowest BCUT2D eigenvalue weighted by molar-refractivity contribution is 0.0453. The van der Waals surface area contributed by atoms with E-state index in [0.29, 0.717) is 11.6 Å². The average molecular weight is 355 g/mol. The van der Waals surface area contributed by atoms with Crippen LogP contribution in [0.1, 0.15) is 29.0 Å². The molecule has 0 unspecified atom stereocenters. The van der Waals surface area contributed by atoms with Gasteiger partial charge >= 0.3 is 0 Å². The van der Waals surface area contributed by atoms with Crippen LogP contribution in [0.2, 0.25) is 10.0 Å². The van der Waals surface area contributed by atoms with Crippen molar-refractivity contribution in [2.45, 2.75) is 39.5 Å². The Hall–Kier alpha value is -1.07. The van der Waals surface area contributed by atoms with Crippen LogP contribution in [0.3, 0.4) is 0 Å². The standard InChI is InChI=1S/C17H20Cl2N2O2/c1-11-16(12(2)23-20-11)10-22-15-5-6-21(9-15)8-13-3-4-14(18)7-17(13)19/h3-4,7,15H,5-6,8-10H2,1-2H3/t15-/m1/s1. The van der Waals surface area contributed by atoms with Crippen LogP contribution in [0.4, 0.5) is 0 Å². The summed E-state index contributed by atoms with van der Waals surface area (Å²) in [6, 6.07) is 5.66. The van der Waals surface area contributed by atoms with E-state index in [1.807, 2.05) is 26.0 Å². The summed E-state index contributed by atoms with van der Waals surface area (Å²) >= 11 is 12.2. The number of aromatic nitrogens is 1. The third-order valence-corrected chi connectivity index (χ3v) is 4.87. The van der Waals surface area contributed by atoms with Crippen LogP contribution in [0.25, 0.3) is 0 Å². The molecule has 0 N–H and O–H groups in total. The topological polar surface area (TPSA) is 38.5 Å². The third-order valence-electron chi connectivity index (χ3n) is 4.28. The number of hydrogen-bond acceptors (Lipinski definition) is 4. The van der Waals surface area contributed by atoms with Crippen molar-refractivity contribution in [3.8, 4) is 0 Å². The number of rotatable bonds is 5. The molecule has 1 aromatic heterocycles. The SMILES string of the molecule is Cc1noc(C)c1CO[C@@H]1CCN(Cc2ccc(Cl)cc2Cl)C1. The molecule has 3 rings (SSSR count). The van der Waals surface area contributed by atoms with Gasteiger partial charge in [0.25, 0.3) is 0 Å². The second-order valence-electron chi connectivity index (χ2n) is 6.00. The summed E-state index contributed by atoms with van der Waals surface area (Å²) in [5, 5.41) is 5.35. The van der Waals surface area contributed by atoms with E-state index in [1.54, 1.807) is 6.07 Å². The van der Waals surface area contributed by atoms with Gasteiger partial charge in [-0.3, -0.25) is 4.90 Å². The second-order valence-corrected chi connectivity index (χ2v) is 6.84. The molecule has 1 fully saturated rings. The van der Waals surface area contributed by atoms with Crippen LogP contribution in [0.15, 0.2) is 22.7 Å². The van der Waals surface area contributed by atoms with Crippen molar-refractivity contribution in [2.24, 2.45) is 0 Å². The van der Waals surface area contributed by atoms with Crippen LogP contribution < -0.4 is 0 Å². The van der Waals surface area contributed by atoms with Crippen LogP contribution in [0.5, 0.6) is 0 Å². The fourth-order valence-corrected chi connectivity index (χ4v) is 3.34. The zero-order valence-corrected chi connectivity index (χ0v) is 14.8. The van der Waals surface area contributed by atoms with Crippen molar-refractivity contribution in [1.29, 1.82) is 0 Å². The predicted molar refractivity (Wildman–Crippen MR) is 90.9 cm³/mol.